The van der Waals surface area contributed by atoms with Gasteiger partial charge < -0.3 is 10.1 Å². The monoisotopic (exact) mass is 253 g/mol. The minimum absolute atomic E-state index is 0.0349. The van der Waals surface area contributed by atoms with Crippen LogP contribution >= 0.6 is 0 Å². The second-order valence-electron chi connectivity index (χ2n) is 4.76. The molecule has 1 aromatic rings. The molecule has 0 heterocycles. The summed E-state index contributed by atoms with van der Waals surface area (Å²) in [7, 11) is 0. The highest BCUT2D eigenvalue weighted by atomic mass is 19.1. The van der Waals surface area contributed by atoms with Gasteiger partial charge in [-0.1, -0.05) is 19.9 Å². The van der Waals surface area contributed by atoms with E-state index in [-0.39, 0.29) is 11.9 Å². The number of nitrogens with one attached hydrogen (secondary N) is 1. The van der Waals surface area contributed by atoms with Crippen molar-refractivity contribution >= 4 is 0 Å². The van der Waals surface area contributed by atoms with Crippen molar-refractivity contribution in [3.8, 4) is 5.75 Å². The molecule has 1 atom stereocenters. The summed E-state index contributed by atoms with van der Waals surface area (Å²) >= 11 is 0. The van der Waals surface area contributed by atoms with Gasteiger partial charge in [0.25, 0.3) is 0 Å². The van der Waals surface area contributed by atoms with E-state index in [0.717, 1.165) is 19.4 Å². The maximum absolute atomic E-state index is 13.4. The molecule has 0 aromatic heterocycles. The van der Waals surface area contributed by atoms with Gasteiger partial charge in [-0.25, -0.2) is 4.39 Å². The van der Waals surface area contributed by atoms with Crippen molar-refractivity contribution in [2.75, 3.05) is 6.54 Å². The molecule has 0 amide bonds. The number of benzene rings is 1. The van der Waals surface area contributed by atoms with E-state index < -0.39 is 0 Å². The van der Waals surface area contributed by atoms with Crippen molar-refractivity contribution in [2.45, 2.75) is 52.7 Å². The van der Waals surface area contributed by atoms with Gasteiger partial charge in [-0.15, -0.1) is 0 Å². The predicted octanol–water partition coefficient (Wildman–Crippen LogP) is 3.68. The Morgan fingerprint density at radius 3 is 2.50 bits per heavy atom. The van der Waals surface area contributed by atoms with Crippen LogP contribution in [0.25, 0.3) is 0 Å². The van der Waals surface area contributed by atoms with Crippen LogP contribution in [-0.4, -0.2) is 18.7 Å². The Balaban J connectivity index is 2.44. The Bertz CT molecular complexity index is 364. The van der Waals surface area contributed by atoms with E-state index in [1.54, 1.807) is 13.0 Å². The fourth-order valence-electron chi connectivity index (χ4n) is 1.83. The molecule has 0 saturated carbocycles. The second kappa shape index (κ2) is 7.37. The van der Waals surface area contributed by atoms with Gasteiger partial charge in [0.2, 0.25) is 0 Å². The van der Waals surface area contributed by atoms with E-state index in [1.165, 1.54) is 6.07 Å². The lowest BCUT2D eigenvalue weighted by Crippen LogP contribution is -2.36. The molecule has 3 heteroatoms. The maximum Gasteiger partial charge on any atom is 0.129 e. The van der Waals surface area contributed by atoms with E-state index in [1.807, 2.05) is 13.0 Å². The third-order valence-electron chi connectivity index (χ3n) is 3.16. The normalized spacial score (nSPS) is 12.8. The summed E-state index contributed by atoms with van der Waals surface area (Å²) in [6, 6.07) is 5.53. The molecular weight excluding hydrogens is 229 g/mol. The average molecular weight is 253 g/mol. The fraction of sp³-hybridized carbons (Fsp3) is 0.600. The Labute approximate surface area is 110 Å². The lowest BCUT2D eigenvalue weighted by Gasteiger charge is -2.20. The van der Waals surface area contributed by atoms with Crippen LogP contribution in [0.5, 0.6) is 5.75 Å². The van der Waals surface area contributed by atoms with E-state index in [4.69, 9.17) is 4.74 Å². The zero-order valence-electron chi connectivity index (χ0n) is 11.8. The molecule has 1 N–H and O–H groups in total. The molecule has 0 spiro atoms. The average Bonchev–Trinajstić information content (AvgIpc) is 2.35. The predicted molar refractivity (Wildman–Crippen MR) is 73.6 cm³/mol. The van der Waals surface area contributed by atoms with Crippen LogP contribution in [0, 0.1) is 12.7 Å². The van der Waals surface area contributed by atoms with Crippen LogP contribution in [0.4, 0.5) is 4.39 Å². The van der Waals surface area contributed by atoms with Gasteiger partial charge in [-0.05, 0) is 38.3 Å². The molecule has 102 valence electrons. The first-order valence-corrected chi connectivity index (χ1v) is 6.73. The number of hydrogen-bond acceptors (Lipinski definition) is 2. The van der Waals surface area contributed by atoms with Gasteiger partial charge in [-0.2, -0.15) is 0 Å². The van der Waals surface area contributed by atoms with Gasteiger partial charge in [0.15, 0.2) is 0 Å². The lowest BCUT2D eigenvalue weighted by atomic mass is 10.1. The SMILES string of the molecule is CCC(CC)NCC(C)Oc1ccc(C)c(F)c1. The Kier molecular flexibility index (Phi) is 6.13. The zero-order chi connectivity index (χ0) is 13.5. The van der Waals surface area contributed by atoms with Crippen LogP contribution in [-0.2, 0) is 0 Å². The van der Waals surface area contributed by atoms with Crippen LogP contribution in [0.15, 0.2) is 18.2 Å². The molecule has 1 rings (SSSR count). The highest BCUT2D eigenvalue weighted by molar-refractivity contribution is 5.28. The molecule has 2 nitrogen and oxygen atoms in total. The topological polar surface area (TPSA) is 21.3 Å². The number of rotatable bonds is 7. The lowest BCUT2D eigenvalue weighted by molar-refractivity contribution is 0.209. The van der Waals surface area contributed by atoms with Gasteiger partial charge in [0.05, 0.1) is 0 Å². The molecule has 18 heavy (non-hydrogen) atoms. The maximum atomic E-state index is 13.4. The largest absolute Gasteiger partial charge is 0.489 e. The van der Waals surface area contributed by atoms with Crippen molar-refractivity contribution in [1.29, 1.82) is 0 Å². The van der Waals surface area contributed by atoms with Crippen molar-refractivity contribution in [3.05, 3.63) is 29.6 Å². The number of halogens is 1. The minimum Gasteiger partial charge on any atom is -0.489 e. The van der Waals surface area contributed by atoms with Crippen LogP contribution < -0.4 is 10.1 Å². The minimum atomic E-state index is -0.215. The first-order chi connectivity index (χ1) is 8.56. The summed E-state index contributed by atoms with van der Waals surface area (Å²) in [5, 5.41) is 3.45. The molecular formula is C15H24FNO. The summed E-state index contributed by atoms with van der Waals surface area (Å²) in [6.45, 7) is 8.86. The number of aryl methyl sites for hydroxylation is 1. The third kappa shape index (κ3) is 4.65. The summed E-state index contributed by atoms with van der Waals surface area (Å²) in [4.78, 5) is 0. The van der Waals surface area contributed by atoms with E-state index in [0.29, 0.717) is 17.4 Å². The van der Waals surface area contributed by atoms with E-state index >= 15 is 0 Å². The van der Waals surface area contributed by atoms with Crippen LogP contribution in [0.1, 0.15) is 39.2 Å². The highest BCUT2D eigenvalue weighted by Gasteiger charge is 2.08. The smallest absolute Gasteiger partial charge is 0.129 e. The van der Waals surface area contributed by atoms with E-state index in [9.17, 15) is 4.39 Å². The van der Waals surface area contributed by atoms with Crippen molar-refractivity contribution in [2.24, 2.45) is 0 Å². The Hall–Kier alpha value is -1.09. The summed E-state index contributed by atoms with van der Waals surface area (Å²) in [6.07, 6.45) is 2.26. The molecule has 0 fully saturated rings. The number of hydrogen-bond donors (Lipinski definition) is 1. The Morgan fingerprint density at radius 1 is 1.28 bits per heavy atom. The molecule has 0 aliphatic rings. The first kappa shape index (κ1) is 15.0. The van der Waals surface area contributed by atoms with Crippen molar-refractivity contribution in [1.82, 2.24) is 5.32 Å². The summed E-state index contributed by atoms with van der Waals surface area (Å²) in [5.74, 6) is 0.379. The zero-order valence-corrected chi connectivity index (χ0v) is 11.8. The first-order valence-electron chi connectivity index (χ1n) is 6.73. The van der Waals surface area contributed by atoms with Gasteiger partial charge in [0.1, 0.15) is 17.7 Å². The van der Waals surface area contributed by atoms with Crippen molar-refractivity contribution in [3.63, 3.8) is 0 Å². The van der Waals surface area contributed by atoms with Gasteiger partial charge >= 0.3 is 0 Å². The molecule has 0 radical (unpaired) electrons. The highest BCUT2D eigenvalue weighted by Crippen LogP contribution is 2.17. The van der Waals surface area contributed by atoms with E-state index in [2.05, 4.69) is 19.2 Å². The quantitative estimate of drug-likeness (QED) is 0.800. The number of ether oxygens (including phenoxy) is 1. The van der Waals surface area contributed by atoms with Crippen molar-refractivity contribution < 1.29 is 9.13 Å². The summed E-state index contributed by atoms with van der Waals surface area (Å²) in [5.41, 5.74) is 0.644. The molecule has 1 unspecified atom stereocenters. The van der Waals surface area contributed by atoms with Crippen LogP contribution in [0.3, 0.4) is 0 Å². The van der Waals surface area contributed by atoms with Crippen LogP contribution in [0.2, 0.25) is 0 Å². The third-order valence-corrected chi connectivity index (χ3v) is 3.16. The molecule has 0 bridgehead atoms. The second-order valence-corrected chi connectivity index (χ2v) is 4.76. The standard InChI is InChI=1S/C15H24FNO/c1-5-13(6-2)17-10-12(4)18-14-8-7-11(3)15(16)9-14/h7-9,12-13,17H,5-6,10H2,1-4H3. The molecule has 1 aromatic carbocycles. The fourth-order valence-corrected chi connectivity index (χ4v) is 1.83. The Morgan fingerprint density at radius 2 is 1.94 bits per heavy atom. The molecule has 0 saturated heterocycles. The molecule has 0 aliphatic carbocycles. The molecule has 0 aliphatic heterocycles. The summed E-state index contributed by atoms with van der Waals surface area (Å²) < 4.78 is 19.0. The van der Waals surface area contributed by atoms with Gasteiger partial charge in [0, 0.05) is 18.7 Å². The van der Waals surface area contributed by atoms with Gasteiger partial charge in [-0.3, -0.25) is 0 Å².